The summed E-state index contributed by atoms with van der Waals surface area (Å²) in [5, 5.41) is 0. The smallest absolute Gasteiger partial charge is 0.259 e. The van der Waals surface area contributed by atoms with Crippen LogP contribution in [0.5, 0.6) is 0 Å². The standard InChI is InChI=1S/C20H23F2N5O/c1-14-13-17(24-20(23-14)27-7-2-3-8-27)25-9-11-26(12-10-25)19(28)18-15(21)5-4-6-16(18)22/h4-6,13H,2-3,7-12H2,1H3. The summed E-state index contributed by atoms with van der Waals surface area (Å²) in [6.07, 6.45) is 2.31. The SMILES string of the molecule is Cc1cc(N2CCN(C(=O)c3c(F)cccc3F)CC2)nc(N2CCCC2)n1. The number of carbonyl (C=O) groups is 1. The molecule has 2 aliphatic heterocycles. The van der Waals surface area contributed by atoms with E-state index >= 15 is 0 Å². The lowest BCUT2D eigenvalue weighted by atomic mass is 10.1. The van der Waals surface area contributed by atoms with Gasteiger partial charge in [-0.1, -0.05) is 6.07 Å². The highest BCUT2D eigenvalue weighted by Crippen LogP contribution is 2.22. The van der Waals surface area contributed by atoms with Crippen LogP contribution in [-0.2, 0) is 0 Å². The van der Waals surface area contributed by atoms with E-state index in [0.717, 1.165) is 55.5 Å². The molecule has 3 heterocycles. The summed E-state index contributed by atoms with van der Waals surface area (Å²) in [6.45, 7) is 5.77. The number of hydrogen-bond acceptors (Lipinski definition) is 5. The summed E-state index contributed by atoms with van der Waals surface area (Å²) in [5.74, 6) is -0.673. The summed E-state index contributed by atoms with van der Waals surface area (Å²) in [5.41, 5.74) is 0.420. The van der Waals surface area contributed by atoms with Gasteiger partial charge in [-0.25, -0.2) is 13.8 Å². The molecule has 6 nitrogen and oxygen atoms in total. The zero-order valence-corrected chi connectivity index (χ0v) is 15.9. The molecule has 28 heavy (non-hydrogen) atoms. The van der Waals surface area contributed by atoms with Crippen LogP contribution in [0.1, 0.15) is 28.9 Å². The Morgan fingerprint density at radius 1 is 0.929 bits per heavy atom. The summed E-state index contributed by atoms with van der Waals surface area (Å²) < 4.78 is 27.8. The zero-order chi connectivity index (χ0) is 19.7. The van der Waals surface area contributed by atoms with Crippen molar-refractivity contribution < 1.29 is 13.6 Å². The molecule has 2 fully saturated rings. The largest absolute Gasteiger partial charge is 0.353 e. The Balaban J connectivity index is 1.46. The number of benzene rings is 1. The van der Waals surface area contributed by atoms with E-state index in [9.17, 15) is 13.6 Å². The minimum Gasteiger partial charge on any atom is -0.353 e. The van der Waals surface area contributed by atoms with Gasteiger partial charge in [0.05, 0.1) is 0 Å². The Kier molecular flexibility index (Phi) is 5.11. The fourth-order valence-corrected chi connectivity index (χ4v) is 3.76. The van der Waals surface area contributed by atoms with E-state index in [1.807, 2.05) is 13.0 Å². The van der Waals surface area contributed by atoms with Crippen molar-refractivity contribution >= 4 is 17.7 Å². The van der Waals surface area contributed by atoms with Gasteiger partial charge in [0.2, 0.25) is 5.95 Å². The van der Waals surface area contributed by atoms with Crippen molar-refractivity contribution in [3.8, 4) is 0 Å². The van der Waals surface area contributed by atoms with E-state index in [0.29, 0.717) is 26.2 Å². The van der Waals surface area contributed by atoms with Crippen molar-refractivity contribution in [2.75, 3.05) is 49.1 Å². The number of rotatable bonds is 3. The van der Waals surface area contributed by atoms with E-state index in [1.54, 1.807) is 0 Å². The first-order valence-electron chi connectivity index (χ1n) is 9.62. The molecule has 0 saturated carbocycles. The first kappa shape index (κ1) is 18.6. The molecule has 1 amide bonds. The van der Waals surface area contributed by atoms with Crippen LogP contribution in [0.4, 0.5) is 20.5 Å². The van der Waals surface area contributed by atoms with Crippen LogP contribution in [0.2, 0.25) is 0 Å². The monoisotopic (exact) mass is 387 g/mol. The lowest BCUT2D eigenvalue weighted by molar-refractivity contribution is 0.0736. The van der Waals surface area contributed by atoms with Crippen LogP contribution < -0.4 is 9.80 Å². The number of amides is 1. The summed E-state index contributed by atoms with van der Waals surface area (Å²) in [7, 11) is 0. The van der Waals surface area contributed by atoms with Crippen LogP contribution in [0.3, 0.4) is 0 Å². The van der Waals surface area contributed by atoms with Gasteiger partial charge in [0.1, 0.15) is 23.0 Å². The minimum absolute atomic E-state index is 0.384. The Morgan fingerprint density at radius 2 is 1.57 bits per heavy atom. The third-order valence-electron chi connectivity index (χ3n) is 5.29. The molecule has 0 unspecified atom stereocenters. The first-order valence-corrected chi connectivity index (χ1v) is 9.62. The minimum atomic E-state index is -0.825. The molecule has 0 radical (unpaired) electrons. The maximum absolute atomic E-state index is 13.9. The quantitative estimate of drug-likeness (QED) is 0.811. The van der Waals surface area contributed by atoms with Crippen molar-refractivity contribution in [1.29, 1.82) is 0 Å². The number of aryl methyl sites for hydroxylation is 1. The van der Waals surface area contributed by atoms with Crippen molar-refractivity contribution in [2.24, 2.45) is 0 Å². The second-order valence-electron chi connectivity index (χ2n) is 7.24. The zero-order valence-electron chi connectivity index (χ0n) is 15.9. The average Bonchev–Trinajstić information content (AvgIpc) is 3.22. The van der Waals surface area contributed by atoms with Crippen LogP contribution in [-0.4, -0.2) is 60.0 Å². The number of aromatic nitrogens is 2. The topological polar surface area (TPSA) is 52.6 Å². The highest BCUT2D eigenvalue weighted by atomic mass is 19.1. The molecule has 1 aromatic carbocycles. The molecule has 0 N–H and O–H groups in total. The van der Waals surface area contributed by atoms with Gasteiger partial charge in [0, 0.05) is 51.0 Å². The Labute approximate surface area is 162 Å². The van der Waals surface area contributed by atoms with E-state index in [-0.39, 0.29) is 0 Å². The third kappa shape index (κ3) is 3.63. The van der Waals surface area contributed by atoms with Gasteiger partial charge in [-0.05, 0) is 31.9 Å². The number of hydrogen-bond donors (Lipinski definition) is 0. The molecule has 0 bridgehead atoms. The maximum Gasteiger partial charge on any atom is 0.259 e. The molecule has 2 aromatic rings. The highest BCUT2D eigenvalue weighted by Gasteiger charge is 2.27. The van der Waals surface area contributed by atoms with Gasteiger partial charge in [0.15, 0.2) is 0 Å². The first-order chi connectivity index (χ1) is 13.5. The van der Waals surface area contributed by atoms with Crippen LogP contribution in [0.15, 0.2) is 24.3 Å². The Hall–Kier alpha value is -2.77. The van der Waals surface area contributed by atoms with Crippen molar-refractivity contribution in [3.05, 3.63) is 47.2 Å². The van der Waals surface area contributed by atoms with E-state index in [4.69, 9.17) is 4.98 Å². The molecule has 0 atom stereocenters. The number of nitrogens with zero attached hydrogens (tertiary/aromatic N) is 5. The molecule has 1 aromatic heterocycles. The van der Waals surface area contributed by atoms with Gasteiger partial charge in [-0.15, -0.1) is 0 Å². The van der Waals surface area contributed by atoms with Crippen molar-refractivity contribution in [3.63, 3.8) is 0 Å². The predicted molar refractivity (Wildman–Crippen MR) is 103 cm³/mol. The summed E-state index contributed by atoms with van der Waals surface area (Å²) in [6, 6.07) is 5.41. The molecule has 0 aliphatic carbocycles. The van der Waals surface area contributed by atoms with Gasteiger partial charge >= 0.3 is 0 Å². The van der Waals surface area contributed by atoms with Gasteiger partial charge in [-0.2, -0.15) is 4.98 Å². The maximum atomic E-state index is 13.9. The second-order valence-corrected chi connectivity index (χ2v) is 7.24. The van der Waals surface area contributed by atoms with Crippen molar-refractivity contribution in [1.82, 2.24) is 14.9 Å². The van der Waals surface area contributed by atoms with Crippen LogP contribution in [0, 0.1) is 18.6 Å². The molecule has 4 rings (SSSR count). The Morgan fingerprint density at radius 3 is 2.21 bits per heavy atom. The van der Waals surface area contributed by atoms with E-state index in [2.05, 4.69) is 14.8 Å². The molecule has 148 valence electrons. The average molecular weight is 387 g/mol. The third-order valence-corrected chi connectivity index (χ3v) is 5.29. The number of halogens is 2. The molecule has 2 saturated heterocycles. The summed E-state index contributed by atoms with van der Waals surface area (Å²) in [4.78, 5) is 27.6. The van der Waals surface area contributed by atoms with Gasteiger partial charge in [-0.3, -0.25) is 4.79 Å². The van der Waals surface area contributed by atoms with E-state index in [1.165, 1.54) is 11.0 Å². The Bertz CT molecular complexity index is 857. The summed E-state index contributed by atoms with van der Waals surface area (Å²) >= 11 is 0. The van der Waals surface area contributed by atoms with E-state index < -0.39 is 23.1 Å². The fourth-order valence-electron chi connectivity index (χ4n) is 3.76. The molecule has 8 heteroatoms. The second kappa shape index (κ2) is 7.69. The van der Waals surface area contributed by atoms with Gasteiger partial charge in [0.25, 0.3) is 5.91 Å². The lowest BCUT2D eigenvalue weighted by Crippen LogP contribution is -2.49. The van der Waals surface area contributed by atoms with Gasteiger partial charge < -0.3 is 14.7 Å². The highest BCUT2D eigenvalue weighted by molar-refractivity contribution is 5.95. The number of anilines is 2. The van der Waals surface area contributed by atoms with Crippen LogP contribution in [0.25, 0.3) is 0 Å². The molecular formula is C20H23F2N5O. The predicted octanol–water partition coefficient (Wildman–Crippen LogP) is 2.63. The lowest BCUT2D eigenvalue weighted by Gasteiger charge is -2.35. The number of carbonyl (C=O) groups excluding carboxylic acids is 1. The van der Waals surface area contributed by atoms with Crippen molar-refractivity contribution in [2.45, 2.75) is 19.8 Å². The molecule has 2 aliphatic rings. The molecular weight excluding hydrogens is 364 g/mol. The normalized spacial score (nSPS) is 17.3. The number of piperazine rings is 1. The molecule has 0 spiro atoms. The van der Waals surface area contributed by atoms with Crippen LogP contribution >= 0.6 is 0 Å². The fraction of sp³-hybridized carbons (Fsp3) is 0.450.